The predicted molar refractivity (Wildman–Crippen MR) is 55.8 cm³/mol. The highest BCUT2D eigenvalue weighted by Crippen LogP contribution is 2.09. The smallest absolute Gasteiger partial charge is 0.127 e. The van der Waals surface area contributed by atoms with Crippen LogP contribution < -0.4 is 0 Å². The van der Waals surface area contributed by atoms with Gasteiger partial charge in [-0.15, -0.1) is 0 Å². The highest BCUT2D eigenvalue weighted by Gasteiger charge is 2.07. The van der Waals surface area contributed by atoms with Crippen molar-refractivity contribution in [3.8, 4) is 0 Å². The number of rotatable bonds is 6. The summed E-state index contributed by atoms with van der Waals surface area (Å²) >= 11 is 0. The molecule has 3 nitrogen and oxygen atoms in total. The first-order valence-electron chi connectivity index (χ1n) is 4.95. The first-order valence-corrected chi connectivity index (χ1v) is 4.95. The molecule has 1 rings (SSSR count). The van der Waals surface area contributed by atoms with E-state index in [9.17, 15) is 4.39 Å². The number of hydrogen-bond donors (Lipinski definition) is 2. The van der Waals surface area contributed by atoms with E-state index in [4.69, 9.17) is 10.2 Å². The molecule has 2 N–H and O–H groups in total. The van der Waals surface area contributed by atoms with Crippen molar-refractivity contribution in [2.24, 2.45) is 0 Å². The van der Waals surface area contributed by atoms with Crippen LogP contribution in [-0.2, 0) is 6.54 Å². The lowest BCUT2D eigenvalue weighted by Gasteiger charge is -2.20. The third kappa shape index (κ3) is 3.95. The largest absolute Gasteiger partial charge is 0.395 e. The summed E-state index contributed by atoms with van der Waals surface area (Å²) in [5, 5.41) is 17.6. The van der Waals surface area contributed by atoms with E-state index in [0.717, 1.165) is 0 Å². The van der Waals surface area contributed by atoms with Gasteiger partial charge in [-0.05, 0) is 6.07 Å². The Morgan fingerprint density at radius 2 is 1.67 bits per heavy atom. The van der Waals surface area contributed by atoms with Crippen LogP contribution in [0.1, 0.15) is 5.56 Å². The van der Waals surface area contributed by atoms with E-state index in [-0.39, 0.29) is 19.0 Å². The van der Waals surface area contributed by atoms with Crippen LogP contribution in [0.2, 0.25) is 0 Å². The average Bonchev–Trinajstić information content (AvgIpc) is 2.22. The number of aliphatic hydroxyl groups excluding tert-OH is 2. The molecule has 0 fully saturated rings. The molecule has 0 atom stereocenters. The minimum atomic E-state index is -0.252. The van der Waals surface area contributed by atoms with Gasteiger partial charge in [-0.25, -0.2) is 4.39 Å². The van der Waals surface area contributed by atoms with Gasteiger partial charge in [0.1, 0.15) is 5.82 Å². The van der Waals surface area contributed by atoms with Crippen molar-refractivity contribution < 1.29 is 14.6 Å². The van der Waals surface area contributed by atoms with Crippen molar-refractivity contribution in [3.05, 3.63) is 35.6 Å². The van der Waals surface area contributed by atoms with Crippen molar-refractivity contribution >= 4 is 0 Å². The second-order valence-electron chi connectivity index (χ2n) is 3.31. The maximum absolute atomic E-state index is 13.3. The van der Waals surface area contributed by atoms with Gasteiger partial charge in [0.15, 0.2) is 0 Å². The molecule has 0 heterocycles. The van der Waals surface area contributed by atoms with Gasteiger partial charge in [0, 0.05) is 25.2 Å². The summed E-state index contributed by atoms with van der Waals surface area (Å²) in [5.74, 6) is -0.252. The normalized spacial score (nSPS) is 10.9. The Bertz CT molecular complexity index is 288. The summed E-state index contributed by atoms with van der Waals surface area (Å²) in [5.41, 5.74) is 0.583. The average molecular weight is 213 g/mol. The Morgan fingerprint density at radius 3 is 2.20 bits per heavy atom. The molecule has 15 heavy (non-hydrogen) atoms. The molecular formula is C11H16FNO2. The molecular weight excluding hydrogens is 197 g/mol. The highest BCUT2D eigenvalue weighted by atomic mass is 19.1. The van der Waals surface area contributed by atoms with Gasteiger partial charge in [-0.1, -0.05) is 18.2 Å². The first-order chi connectivity index (χ1) is 7.27. The van der Waals surface area contributed by atoms with E-state index in [1.54, 1.807) is 23.1 Å². The molecule has 0 bridgehead atoms. The Labute approximate surface area is 88.8 Å². The number of nitrogens with zero attached hydrogens (tertiary/aromatic N) is 1. The van der Waals surface area contributed by atoms with Gasteiger partial charge in [-0.2, -0.15) is 0 Å². The molecule has 1 aromatic carbocycles. The topological polar surface area (TPSA) is 43.7 Å². The third-order valence-electron chi connectivity index (χ3n) is 2.18. The fourth-order valence-corrected chi connectivity index (χ4v) is 1.42. The summed E-state index contributed by atoms with van der Waals surface area (Å²) < 4.78 is 13.3. The van der Waals surface area contributed by atoms with Crippen LogP contribution in [0.4, 0.5) is 4.39 Å². The lowest BCUT2D eigenvalue weighted by Crippen LogP contribution is -2.29. The first kappa shape index (κ1) is 12.1. The summed E-state index contributed by atoms with van der Waals surface area (Å²) in [6.45, 7) is 1.31. The maximum atomic E-state index is 13.3. The van der Waals surface area contributed by atoms with E-state index >= 15 is 0 Å². The molecule has 4 heteroatoms. The third-order valence-corrected chi connectivity index (χ3v) is 2.18. The molecule has 1 aromatic rings. The Kier molecular flexibility index (Phi) is 5.25. The zero-order valence-corrected chi connectivity index (χ0v) is 8.56. The van der Waals surface area contributed by atoms with Crippen LogP contribution >= 0.6 is 0 Å². The zero-order valence-electron chi connectivity index (χ0n) is 8.56. The van der Waals surface area contributed by atoms with Crippen molar-refractivity contribution in [3.63, 3.8) is 0 Å². The van der Waals surface area contributed by atoms with Gasteiger partial charge in [0.25, 0.3) is 0 Å². The van der Waals surface area contributed by atoms with Gasteiger partial charge >= 0.3 is 0 Å². The minimum Gasteiger partial charge on any atom is -0.395 e. The van der Waals surface area contributed by atoms with E-state index in [2.05, 4.69) is 0 Å². The van der Waals surface area contributed by atoms with Crippen molar-refractivity contribution in [2.45, 2.75) is 6.54 Å². The number of benzene rings is 1. The van der Waals surface area contributed by atoms with Crippen LogP contribution in [-0.4, -0.2) is 41.4 Å². The van der Waals surface area contributed by atoms with E-state index in [1.165, 1.54) is 6.07 Å². The van der Waals surface area contributed by atoms with Crippen LogP contribution in [0.25, 0.3) is 0 Å². The maximum Gasteiger partial charge on any atom is 0.127 e. The van der Waals surface area contributed by atoms with Gasteiger partial charge in [0.05, 0.1) is 13.2 Å². The molecule has 0 aliphatic heterocycles. The van der Waals surface area contributed by atoms with Crippen molar-refractivity contribution in [1.82, 2.24) is 4.90 Å². The Morgan fingerprint density at radius 1 is 1.07 bits per heavy atom. The van der Waals surface area contributed by atoms with Crippen LogP contribution in [0.3, 0.4) is 0 Å². The fourth-order valence-electron chi connectivity index (χ4n) is 1.42. The van der Waals surface area contributed by atoms with E-state index < -0.39 is 0 Å². The Hall–Kier alpha value is -0.970. The van der Waals surface area contributed by atoms with E-state index in [1.807, 2.05) is 0 Å². The van der Waals surface area contributed by atoms with Crippen molar-refractivity contribution in [2.75, 3.05) is 26.3 Å². The van der Waals surface area contributed by atoms with Gasteiger partial charge in [0.2, 0.25) is 0 Å². The Balaban J connectivity index is 2.60. The van der Waals surface area contributed by atoms with Gasteiger partial charge in [-0.3, -0.25) is 4.90 Å². The molecule has 0 aliphatic rings. The van der Waals surface area contributed by atoms with Crippen LogP contribution in [0.15, 0.2) is 24.3 Å². The van der Waals surface area contributed by atoms with E-state index in [0.29, 0.717) is 25.2 Å². The lowest BCUT2D eigenvalue weighted by atomic mass is 10.2. The predicted octanol–water partition coefficient (Wildman–Crippen LogP) is 0.612. The van der Waals surface area contributed by atoms with Crippen LogP contribution in [0, 0.1) is 5.82 Å². The molecule has 0 amide bonds. The highest BCUT2D eigenvalue weighted by molar-refractivity contribution is 5.17. The zero-order chi connectivity index (χ0) is 11.1. The summed E-state index contributed by atoms with van der Waals surface area (Å²) in [4.78, 5) is 1.80. The van der Waals surface area contributed by atoms with Crippen LogP contribution in [0.5, 0.6) is 0 Å². The molecule has 84 valence electrons. The molecule has 0 saturated heterocycles. The number of hydrogen-bond acceptors (Lipinski definition) is 3. The van der Waals surface area contributed by atoms with Gasteiger partial charge < -0.3 is 10.2 Å². The fraction of sp³-hybridized carbons (Fsp3) is 0.455. The second kappa shape index (κ2) is 6.50. The number of halogens is 1. The monoisotopic (exact) mass is 213 g/mol. The van der Waals surface area contributed by atoms with Crippen molar-refractivity contribution in [1.29, 1.82) is 0 Å². The second-order valence-corrected chi connectivity index (χ2v) is 3.31. The molecule has 0 saturated carbocycles. The molecule has 0 spiro atoms. The summed E-state index contributed by atoms with van der Waals surface area (Å²) in [6, 6.07) is 6.53. The minimum absolute atomic E-state index is 0.00839. The standard InChI is InChI=1S/C11H16FNO2/c12-11-4-2-1-3-10(11)9-13(5-7-14)6-8-15/h1-4,14-15H,5-9H2. The molecule has 0 aromatic heterocycles. The lowest BCUT2D eigenvalue weighted by molar-refractivity contribution is 0.154. The molecule has 0 radical (unpaired) electrons. The SMILES string of the molecule is OCCN(CCO)Cc1ccccc1F. The quantitative estimate of drug-likeness (QED) is 0.727. The summed E-state index contributed by atoms with van der Waals surface area (Å²) in [6.07, 6.45) is 0. The molecule has 0 unspecified atom stereocenters. The number of aliphatic hydroxyl groups is 2. The molecule has 0 aliphatic carbocycles. The summed E-state index contributed by atoms with van der Waals surface area (Å²) in [7, 11) is 0.